The highest BCUT2D eigenvalue weighted by molar-refractivity contribution is 6.30. The molecule has 0 aliphatic carbocycles. The van der Waals surface area contributed by atoms with Crippen molar-refractivity contribution in [2.75, 3.05) is 23.3 Å². The molecule has 2 aromatic carbocycles. The quantitative estimate of drug-likeness (QED) is 0.695. The van der Waals surface area contributed by atoms with Gasteiger partial charge in [-0.25, -0.2) is 0 Å². The van der Waals surface area contributed by atoms with Gasteiger partial charge in [-0.15, -0.1) is 10.2 Å². The summed E-state index contributed by atoms with van der Waals surface area (Å²) in [5, 5.41) is 15.4. The fourth-order valence-corrected chi connectivity index (χ4v) is 3.57. The van der Waals surface area contributed by atoms with Crippen LogP contribution in [-0.2, 0) is 0 Å². The lowest BCUT2D eigenvalue weighted by atomic mass is 10.1. The van der Waals surface area contributed by atoms with Crippen LogP contribution >= 0.6 is 11.6 Å². The number of hydrogen-bond donors (Lipinski definition) is 1. The van der Waals surface area contributed by atoms with E-state index in [0.717, 1.165) is 52.1 Å². The normalized spacial score (nSPS) is 17.2. The molecule has 3 aromatic rings. The predicted octanol–water partition coefficient (Wildman–Crippen LogP) is 5.26. The van der Waals surface area contributed by atoms with Crippen molar-refractivity contribution in [2.45, 2.75) is 19.8 Å². The highest BCUT2D eigenvalue weighted by atomic mass is 35.5. The van der Waals surface area contributed by atoms with E-state index in [1.165, 1.54) is 12.8 Å². The average molecular weight is 353 g/mol. The number of fused-ring (bicyclic) bond motifs is 1. The summed E-state index contributed by atoms with van der Waals surface area (Å²) in [5.41, 5.74) is 0.948. The van der Waals surface area contributed by atoms with Gasteiger partial charge in [-0.1, -0.05) is 49.2 Å². The molecule has 4 rings (SSSR count). The van der Waals surface area contributed by atoms with Crippen molar-refractivity contribution >= 4 is 39.7 Å². The van der Waals surface area contributed by atoms with Crippen LogP contribution in [0.15, 0.2) is 48.5 Å². The van der Waals surface area contributed by atoms with Gasteiger partial charge in [0.25, 0.3) is 0 Å². The van der Waals surface area contributed by atoms with Crippen LogP contribution in [0.1, 0.15) is 19.8 Å². The van der Waals surface area contributed by atoms with E-state index in [0.29, 0.717) is 0 Å². The van der Waals surface area contributed by atoms with Gasteiger partial charge in [0.05, 0.1) is 0 Å². The monoisotopic (exact) mass is 352 g/mol. The smallest absolute Gasteiger partial charge is 0.161 e. The molecular weight excluding hydrogens is 332 g/mol. The van der Waals surface area contributed by atoms with E-state index in [-0.39, 0.29) is 0 Å². The Labute approximate surface area is 152 Å². The molecule has 1 aliphatic heterocycles. The molecule has 1 unspecified atom stereocenters. The maximum atomic E-state index is 5.97. The standard InChI is InChI=1S/C20H21ClN4/c1-2-14-11-12-25(13-14)20-18-6-4-3-5-17(18)19(23-24-20)22-16-9-7-15(21)8-10-16/h3-10,14H,2,11-13H2,1H3,(H,22,23). The van der Waals surface area contributed by atoms with Crippen molar-refractivity contribution in [3.63, 3.8) is 0 Å². The zero-order chi connectivity index (χ0) is 17.2. The van der Waals surface area contributed by atoms with Crippen molar-refractivity contribution < 1.29 is 0 Å². The predicted molar refractivity (Wildman–Crippen MR) is 105 cm³/mol. The summed E-state index contributed by atoms with van der Waals surface area (Å²) in [7, 11) is 0. The van der Waals surface area contributed by atoms with Gasteiger partial charge < -0.3 is 10.2 Å². The number of hydrogen-bond acceptors (Lipinski definition) is 4. The van der Waals surface area contributed by atoms with Crippen molar-refractivity contribution in [1.82, 2.24) is 10.2 Å². The molecule has 0 amide bonds. The minimum atomic E-state index is 0.719. The number of benzene rings is 2. The molecule has 0 saturated carbocycles. The first-order valence-corrected chi connectivity index (χ1v) is 9.15. The number of rotatable bonds is 4. The summed E-state index contributed by atoms with van der Waals surface area (Å²) in [6.45, 7) is 4.39. The minimum absolute atomic E-state index is 0.719. The van der Waals surface area contributed by atoms with Crippen molar-refractivity contribution in [3.05, 3.63) is 53.6 Å². The number of anilines is 3. The third-order valence-electron chi connectivity index (χ3n) is 4.94. The van der Waals surface area contributed by atoms with Crippen LogP contribution in [-0.4, -0.2) is 23.3 Å². The van der Waals surface area contributed by atoms with Crippen LogP contribution in [0.2, 0.25) is 5.02 Å². The van der Waals surface area contributed by atoms with Crippen molar-refractivity contribution in [3.8, 4) is 0 Å². The molecule has 1 saturated heterocycles. The first-order valence-electron chi connectivity index (χ1n) is 8.77. The fourth-order valence-electron chi connectivity index (χ4n) is 3.44. The van der Waals surface area contributed by atoms with Gasteiger partial charge in [-0.3, -0.25) is 0 Å². The Bertz CT molecular complexity index is 879. The Kier molecular flexibility index (Phi) is 4.45. The van der Waals surface area contributed by atoms with E-state index in [9.17, 15) is 0 Å². The average Bonchev–Trinajstić information content (AvgIpc) is 3.13. The molecule has 128 valence electrons. The summed E-state index contributed by atoms with van der Waals surface area (Å²) < 4.78 is 0. The van der Waals surface area contributed by atoms with Crippen LogP contribution in [0.25, 0.3) is 10.8 Å². The number of nitrogens with one attached hydrogen (secondary N) is 1. The Morgan fingerprint density at radius 3 is 2.56 bits per heavy atom. The van der Waals surface area contributed by atoms with Gasteiger partial charge in [-0.05, 0) is 36.6 Å². The maximum absolute atomic E-state index is 5.97. The van der Waals surface area contributed by atoms with Crippen LogP contribution in [0, 0.1) is 5.92 Å². The summed E-state index contributed by atoms with van der Waals surface area (Å²) >= 11 is 5.97. The zero-order valence-electron chi connectivity index (χ0n) is 14.2. The summed E-state index contributed by atoms with van der Waals surface area (Å²) in [5.74, 6) is 2.52. The first kappa shape index (κ1) is 16.2. The minimum Gasteiger partial charge on any atom is -0.354 e. The first-order chi connectivity index (χ1) is 12.2. The lowest BCUT2D eigenvalue weighted by Crippen LogP contribution is -2.21. The van der Waals surface area contributed by atoms with Crippen LogP contribution in [0.5, 0.6) is 0 Å². The summed E-state index contributed by atoms with van der Waals surface area (Å²) in [6, 6.07) is 15.9. The second-order valence-electron chi connectivity index (χ2n) is 6.56. The largest absolute Gasteiger partial charge is 0.354 e. The van der Waals surface area contributed by atoms with Gasteiger partial charge in [0, 0.05) is 34.6 Å². The van der Waals surface area contributed by atoms with E-state index in [2.05, 4.69) is 45.5 Å². The van der Waals surface area contributed by atoms with E-state index in [4.69, 9.17) is 11.6 Å². The van der Waals surface area contributed by atoms with Crippen molar-refractivity contribution in [2.24, 2.45) is 5.92 Å². The highest BCUT2D eigenvalue weighted by Gasteiger charge is 2.24. The summed E-state index contributed by atoms with van der Waals surface area (Å²) in [6.07, 6.45) is 2.45. The van der Waals surface area contributed by atoms with E-state index in [1.807, 2.05) is 30.3 Å². The van der Waals surface area contributed by atoms with Gasteiger partial charge in [-0.2, -0.15) is 0 Å². The van der Waals surface area contributed by atoms with E-state index in [1.54, 1.807) is 0 Å². The fraction of sp³-hybridized carbons (Fsp3) is 0.300. The van der Waals surface area contributed by atoms with E-state index >= 15 is 0 Å². The van der Waals surface area contributed by atoms with Gasteiger partial charge in [0.2, 0.25) is 0 Å². The zero-order valence-corrected chi connectivity index (χ0v) is 15.0. The third-order valence-corrected chi connectivity index (χ3v) is 5.19. The Balaban J connectivity index is 1.70. The Morgan fingerprint density at radius 2 is 1.84 bits per heavy atom. The topological polar surface area (TPSA) is 41.1 Å². The second kappa shape index (κ2) is 6.89. The maximum Gasteiger partial charge on any atom is 0.161 e. The Morgan fingerprint density at radius 1 is 1.08 bits per heavy atom. The SMILES string of the molecule is CCC1CCN(c2nnc(Nc3ccc(Cl)cc3)c3ccccc23)C1. The van der Waals surface area contributed by atoms with Crippen LogP contribution in [0.3, 0.4) is 0 Å². The van der Waals surface area contributed by atoms with Crippen LogP contribution in [0.4, 0.5) is 17.3 Å². The van der Waals surface area contributed by atoms with E-state index < -0.39 is 0 Å². The molecule has 5 heteroatoms. The summed E-state index contributed by atoms with van der Waals surface area (Å²) in [4.78, 5) is 2.37. The van der Waals surface area contributed by atoms with Gasteiger partial charge in [0.1, 0.15) is 0 Å². The van der Waals surface area contributed by atoms with Gasteiger partial charge in [0.15, 0.2) is 11.6 Å². The molecule has 0 spiro atoms. The lowest BCUT2D eigenvalue weighted by molar-refractivity contribution is 0.568. The molecule has 2 heterocycles. The molecule has 0 radical (unpaired) electrons. The second-order valence-corrected chi connectivity index (χ2v) is 7.00. The van der Waals surface area contributed by atoms with Crippen LogP contribution < -0.4 is 10.2 Å². The number of aromatic nitrogens is 2. The molecule has 25 heavy (non-hydrogen) atoms. The number of nitrogens with zero attached hydrogens (tertiary/aromatic N) is 3. The molecule has 4 nitrogen and oxygen atoms in total. The molecule has 1 aliphatic rings. The van der Waals surface area contributed by atoms with Crippen molar-refractivity contribution in [1.29, 1.82) is 0 Å². The van der Waals surface area contributed by atoms with Gasteiger partial charge >= 0.3 is 0 Å². The number of halogens is 1. The molecule has 1 aromatic heterocycles. The molecular formula is C20H21ClN4. The highest BCUT2D eigenvalue weighted by Crippen LogP contribution is 2.33. The molecule has 1 atom stereocenters. The third kappa shape index (κ3) is 3.27. The molecule has 1 N–H and O–H groups in total. The molecule has 0 bridgehead atoms. The lowest BCUT2D eigenvalue weighted by Gasteiger charge is -2.20. The molecule has 1 fully saturated rings. The Hall–Kier alpha value is -2.33.